The molecule has 10 atom stereocenters. The van der Waals surface area contributed by atoms with Crippen molar-refractivity contribution in [3.05, 3.63) is 90.0 Å². The molecule has 2 aromatic carbocycles. The van der Waals surface area contributed by atoms with E-state index in [4.69, 9.17) is 17.2 Å². The van der Waals surface area contributed by atoms with Crippen LogP contribution in [0.4, 0.5) is 0 Å². The number of nitrogens with two attached hydrogens (primary N) is 3. The zero-order valence-electron chi connectivity index (χ0n) is 50.1. The minimum Gasteiger partial charge on any atom is -0.481 e. The molecule has 1 aromatic heterocycles. The van der Waals surface area contributed by atoms with Gasteiger partial charge in [-0.3, -0.25) is 62.5 Å². The minimum absolute atomic E-state index is 0.0235. The van der Waals surface area contributed by atoms with E-state index in [-0.39, 0.29) is 69.8 Å². The molecule has 30 heteroatoms. The molecular weight excluding hydrogens is 1140 g/mol. The van der Waals surface area contributed by atoms with Gasteiger partial charge in [0.1, 0.15) is 60.4 Å². The van der Waals surface area contributed by atoms with Crippen molar-refractivity contribution in [1.29, 1.82) is 0 Å². The third-order valence-corrected chi connectivity index (χ3v) is 14.0. The van der Waals surface area contributed by atoms with Crippen LogP contribution in [0, 0.1) is 17.8 Å². The summed E-state index contributed by atoms with van der Waals surface area (Å²) in [6.45, 7) is 8.89. The number of carbonyl (C=O) groups excluding carboxylic acids is 11. The van der Waals surface area contributed by atoms with Gasteiger partial charge in [0.05, 0.1) is 19.4 Å². The maximum Gasteiger partial charge on any atom is 0.305 e. The fraction of sp³-hybridized carbons (Fsp3) is 0.517. The molecule has 0 saturated carbocycles. The van der Waals surface area contributed by atoms with E-state index in [0.717, 1.165) is 0 Å². The van der Waals surface area contributed by atoms with E-state index in [9.17, 15) is 67.7 Å². The lowest BCUT2D eigenvalue weighted by atomic mass is 9.98. The number of primary amides is 1. The fourth-order valence-corrected chi connectivity index (χ4v) is 9.28. The van der Waals surface area contributed by atoms with Crippen molar-refractivity contribution in [2.24, 2.45) is 39.9 Å². The summed E-state index contributed by atoms with van der Waals surface area (Å²) >= 11 is 0. The number of aliphatic hydroxyl groups excluding tert-OH is 1. The Hall–Kier alpha value is -9.48. The normalized spacial score (nSPS) is 15.9. The number of nitrogens with one attached hydrogen (secondary N) is 11. The SMILES string of the molecule is CC(C)C[C@H](NC(=O)[C@H](Cc1ccccc1)NC(=O)[C@H](CO)NC(=O)[C@H](Cc1cnc[nH]1)NC(=O)[C@@H](NC(=O)[C@@H](NC(=O)[C@H](CC(=O)O)NC(=O)[C@@H]1CCC(=O)N1)C(C)C)C(C)C)C(=O)N[C@@H](CCCN=C(N)N)C(=O)N[C@@H](Cc1ccccc1)C(N)=O. The first-order valence-corrected chi connectivity index (χ1v) is 28.9. The number of hydrogen-bond acceptors (Lipinski definition) is 15. The zero-order chi connectivity index (χ0) is 65.2. The molecule has 0 bridgehead atoms. The number of rotatable bonds is 36. The number of guanidine groups is 1. The first-order chi connectivity index (χ1) is 41.6. The number of benzene rings is 2. The molecule has 0 aliphatic carbocycles. The standard InChI is InChI=1S/C58H84N16O14/c1-30(2)22-39(51(82)66-36(18-13-21-63-58(60)61)49(80)67-38(48(59)79)23-33-14-9-7-10-15-33)68-52(83)40(24-34-16-11-8-12-17-34)69-55(86)43(28-75)72-53(84)41(25-35-27-62-29-64-35)71-56(87)46(31(3)4)74-57(88)47(32(5)6)73-54(85)42(26-45(77)78)70-50(81)37-19-20-44(76)65-37/h7-12,14-17,27,29-32,36-43,46-47,75H,13,18-26,28H2,1-6H3,(H2,59,79)(H,62,64)(H,65,76)(H,66,82)(H,67,80)(H,68,83)(H,69,86)(H,70,81)(H,71,87)(H,72,84)(H,73,85)(H,74,88)(H,77,78)(H4,60,61,63)/t36-,37-,38-,39-,40-,41-,42-,43-,46-,47-/m0/s1. The van der Waals surface area contributed by atoms with E-state index in [1.54, 1.807) is 102 Å². The second-order valence-corrected chi connectivity index (χ2v) is 22.5. The molecule has 30 nitrogen and oxygen atoms in total. The summed E-state index contributed by atoms with van der Waals surface area (Å²) in [6, 6.07) is 3.16. The summed E-state index contributed by atoms with van der Waals surface area (Å²) in [6.07, 6.45) is 1.74. The molecule has 480 valence electrons. The quantitative estimate of drug-likeness (QED) is 0.0152. The number of H-pyrrole nitrogens is 1. The van der Waals surface area contributed by atoms with Crippen LogP contribution < -0.4 is 70.4 Å². The highest BCUT2D eigenvalue weighted by atomic mass is 16.4. The van der Waals surface area contributed by atoms with Gasteiger partial charge in [0.15, 0.2) is 5.96 Å². The molecule has 2 heterocycles. The molecule has 3 aromatic rings. The van der Waals surface area contributed by atoms with E-state index in [1.165, 1.54) is 12.5 Å². The number of hydrogen-bond donors (Lipinski definition) is 16. The average molecular weight is 1230 g/mol. The van der Waals surface area contributed by atoms with Crippen LogP contribution >= 0.6 is 0 Å². The number of aliphatic carboxylic acids is 1. The molecule has 11 amide bonds. The van der Waals surface area contributed by atoms with Gasteiger partial charge in [0, 0.05) is 44.1 Å². The average Bonchev–Trinajstić information content (AvgIpc) is 2.59. The number of carboxylic acids is 1. The molecule has 88 heavy (non-hydrogen) atoms. The van der Waals surface area contributed by atoms with Crippen LogP contribution in [-0.4, -0.2) is 171 Å². The molecule has 19 N–H and O–H groups in total. The summed E-state index contributed by atoms with van der Waals surface area (Å²) in [5.41, 5.74) is 18.3. The van der Waals surface area contributed by atoms with Gasteiger partial charge in [-0.25, -0.2) is 4.98 Å². The number of aliphatic hydroxyl groups is 1. The third-order valence-electron chi connectivity index (χ3n) is 14.0. The summed E-state index contributed by atoms with van der Waals surface area (Å²) in [5.74, 6) is -12.7. The van der Waals surface area contributed by atoms with E-state index < -0.39 is 156 Å². The Morgan fingerprint density at radius 1 is 0.591 bits per heavy atom. The molecule has 4 rings (SSSR count). The van der Waals surface area contributed by atoms with Gasteiger partial charge in [-0.15, -0.1) is 0 Å². The Labute approximate surface area is 509 Å². The summed E-state index contributed by atoms with van der Waals surface area (Å²) in [4.78, 5) is 173. The van der Waals surface area contributed by atoms with Gasteiger partial charge in [-0.1, -0.05) is 102 Å². The molecule has 1 fully saturated rings. The van der Waals surface area contributed by atoms with Gasteiger partial charge >= 0.3 is 5.97 Å². The maximum absolute atomic E-state index is 14.5. The summed E-state index contributed by atoms with van der Waals surface area (Å²) in [7, 11) is 0. The van der Waals surface area contributed by atoms with Gasteiger partial charge in [-0.05, 0) is 54.6 Å². The van der Waals surface area contributed by atoms with E-state index in [0.29, 0.717) is 16.8 Å². The van der Waals surface area contributed by atoms with Crippen molar-refractivity contribution in [2.45, 2.75) is 160 Å². The Bertz CT molecular complexity index is 2910. The van der Waals surface area contributed by atoms with Crippen molar-refractivity contribution in [3.63, 3.8) is 0 Å². The van der Waals surface area contributed by atoms with E-state index in [1.807, 2.05) is 0 Å². The highest BCUT2D eigenvalue weighted by molar-refractivity contribution is 6.00. The van der Waals surface area contributed by atoms with Crippen molar-refractivity contribution >= 4 is 76.9 Å². The lowest BCUT2D eigenvalue weighted by Gasteiger charge is -2.30. The van der Waals surface area contributed by atoms with Crippen LogP contribution in [0.1, 0.15) is 96.9 Å². The van der Waals surface area contributed by atoms with Crippen LogP contribution in [0.5, 0.6) is 0 Å². The van der Waals surface area contributed by atoms with Crippen molar-refractivity contribution in [1.82, 2.24) is 63.1 Å². The Balaban J connectivity index is 1.55. The second kappa shape index (κ2) is 35.2. The monoisotopic (exact) mass is 1230 g/mol. The number of aliphatic imine (C=N–C) groups is 1. The number of carboxylic acid groups (broad SMARTS) is 1. The lowest BCUT2D eigenvalue weighted by Crippen LogP contribution is -2.62. The predicted octanol–water partition coefficient (Wildman–Crippen LogP) is -3.56. The number of aromatic amines is 1. The molecule has 0 radical (unpaired) electrons. The van der Waals surface area contributed by atoms with Gasteiger partial charge in [0.25, 0.3) is 0 Å². The number of aromatic nitrogens is 2. The van der Waals surface area contributed by atoms with E-state index >= 15 is 0 Å². The molecule has 1 saturated heterocycles. The van der Waals surface area contributed by atoms with Gasteiger partial charge in [0.2, 0.25) is 65.0 Å². The number of carbonyl (C=O) groups is 12. The Kier molecular flexibility index (Phi) is 28.4. The highest BCUT2D eigenvalue weighted by Gasteiger charge is 2.38. The van der Waals surface area contributed by atoms with Crippen LogP contribution in [0.2, 0.25) is 0 Å². The minimum atomic E-state index is -1.78. The first kappa shape index (κ1) is 71.0. The molecule has 0 spiro atoms. The maximum atomic E-state index is 14.5. The number of imidazole rings is 1. The first-order valence-electron chi connectivity index (χ1n) is 28.9. The molecule has 0 unspecified atom stereocenters. The van der Waals surface area contributed by atoms with Gasteiger partial charge in [-0.2, -0.15) is 0 Å². The van der Waals surface area contributed by atoms with Crippen molar-refractivity contribution in [3.8, 4) is 0 Å². The van der Waals surface area contributed by atoms with E-state index in [2.05, 4.69) is 68.1 Å². The van der Waals surface area contributed by atoms with Gasteiger partial charge < -0.3 is 85.6 Å². The second-order valence-electron chi connectivity index (χ2n) is 22.5. The summed E-state index contributed by atoms with van der Waals surface area (Å²) < 4.78 is 0. The van der Waals surface area contributed by atoms with Crippen LogP contribution in [-0.2, 0) is 76.8 Å². The predicted molar refractivity (Wildman–Crippen MR) is 319 cm³/mol. The molecule has 1 aliphatic rings. The molecule has 1 aliphatic heterocycles. The lowest BCUT2D eigenvalue weighted by molar-refractivity contribution is -0.141. The Morgan fingerprint density at radius 3 is 1.56 bits per heavy atom. The zero-order valence-corrected chi connectivity index (χ0v) is 50.1. The largest absolute Gasteiger partial charge is 0.481 e. The smallest absolute Gasteiger partial charge is 0.305 e. The Morgan fingerprint density at radius 2 is 1.06 bits per heavy atom. The highest BCUT2D eigenvalue weighted by Crippen LogP contribution is 2.14. The van der Waals surface area contributed by atoms with Crippen LogP contribution in [0.25, 0.3) is 0 Å². The fourth-order valence-electron chi connectivity index (χ4n) is 9.28. The molecular formula is C58H84N16O14. The summed E-state index contributed by atoms with van der Waals surface area (Å²) in [5, 5.41) is 45.7. The van der Waals surface area contributed by atoms with Crippen LogP contribution in [0.15, 0.2) is 78.2 Å². The van der Waals surface area contributed by atoms with Crippen LogP contribution in [0.3, 0.4) is 0 Å². The third kappa shape index (κ3) is 23.8. The number of nitrogens with zero attached hydrogens (tertiary/aromatic N) is 2. The van der Waals surface area contributed by atoms with Crippen molar-refractivity contribution in [2.75, 3.05) is 13.2 Å². The number of amides is 11. The topological polar surface area (TPSA) is 485 Å². The van der Waals surface area contributed by atoms with Crippen molar-refractivity contribution < 1.29 is 67.7 Å².